The van der Waals surface area contributed by atoms with E-state index in [-0.39, 0.29) is 5.91 Å². The van der Waals surface area contributed by atoms with Crippen molar-refractivity contribution in [2.45, 2.75) is 26.8 Å². The number of rotatable bonds is 4. The second-order valence-electron chi connectivity index (χ2n) is 5.78. The quantitative estimate of drug-likeness (QED) is 0.668. The molecule has 0 atom stereocenters. The number of carbonyl (C=O) groups is 1. The zero-order chi connectivity index (χ0) is 16.6. The van der Waals surface area contributed by atoms with Gasteiger partial charge in [-0.1, -0.05) is 23.7 Å². The molecule has 0 fully saturated rings. The number of aryl methyl sites for hydroxylation is 2. The van der Waals surface area contributed by atoms with Gasteiger partial charge in [-0.2, -0.15) is 0 Å². The average molecular weight is 348 g/mol. The lowest BCUT2D eigenvalue weighted by Crippen LogP contribution is -2.27. The van der Waals surface area contributed by atoms with Crippen molar-refractivity contribution in [3.63, 3.8) is 0 Å². The van der Waals surface area contributed by atoms with Crippen LogP contribution in [0.25, 0.3) is 11.0 Å². The van der Waals surface area contributed by atoms with Gasteiger partial charge in [-0.05, 0) is 37.1 Å². The van der Waals surface area contributed by atoms with Gasteiger partial charge in [0.05, 0.1) is 23.6 Å². The van der Waals surface area contributed by atoms with E-state index in [9.17, 15) is 4.79 Å². The number of fused-ring (bicyclic) bond motifs is 1. The van der Waals surface area contributed by atoms with Crippen LogP contribution in [0.15, 0.2) is 34.9 Å². The summed E-state index contributed by atoms with van der Waals surface area (Å²) in [5.74, 6) is 0.0652. The maximum absolute atomic E-state index is 12.5. The maximum atomic E-state index is 12.5. The lowest BCUT2D eigenvalue weighted by Gasteiger charge is -2.15. The average Bonchev–Trinajstić information content (AvgIpc) is 3.10. The molecule has 3 rings (SSSR count). The topological polar surface area (TPSA) is 33.5 Å². The standard InChI is InChI=1S/C18H18ClNO2S/c1-11-4-6-15-13(10-22-18(15)12(11)2)8-17(21)20(3)9-14-5-7-16(19)23-14/h4-7,10H,8-9H2,1-3H3. The molecule has 0 unspecified atom stereocenters. The minimum atomic E-state index is 0.0652. The molecule has 120 valence electrons. The first kappa shape index (κ1) is 16.1. The third-order valence-corrected chi connectivity index (χ3v) is 5.35. The van der Waals surface area contributed by atoms with E-state index in [4.69, 9.17) is 16.0 Å². The molecule has 0 spiro atoms. The Kier molecular flexibility index (Phi) is 4.46. The van der Waals surface area contributed by atoms with Crippen LogP contribution in [0.2, 0.25) is 4.34 Å². The van der Waals surface area contributed by atoms with E-state index in [1.54, 1.807) is 11.2 Å². The fraction of sp³-hybridized carbons (Fsp3) is 0.278. The highest BCUT2D eigenvalue weighted by atomic mass is 35.5. The van der Waals surface area contributed by atoms with Crippen molar-refractivity contribution >= 4 is 39.8 Å². The number of halogens is 1. The Bertz CT molecular complexity index is 865. The van der Waals surface area contributed by atoms with Crippen molar-refractivity contribution < 1.29 is 9.21 Å². The normalized spacial score (nSPS) is 11.1. The van der Waals surface area contributed by atoms with Gasteiger partial charge >= 0.3 is 0 Å². The van der Waals surface area contributed by atoms with Gasteiger partial charge in [0.25, 0.3) is 0 Å². The van der Waals surface area contributed by atoms with E-state index in [0.29, 0.717) is 13.0 Å². The van der Waals surface area contributed by atoms with Crippen LogP contribution in [-0.4, -0.2) is 17.9 Å². The van der Waals surface area contributed by atoms with E-state index in [0.717, 1.165) is 31.3 Å². The molecule has 0 N–H and O–H groups in total. The first-order chi connectivity index (χ1) is 11.0. The minimum Gasteiger partial charge on any atom is -0.464 e. The summed E-state index contributed by atoms with van der Waals surface area (Å²) >= 11 is 7.43. The van der Waals surface area contributed by atoms with Crippen molar-refractivity contribution in [2.75, 3.05) is 7.05 Å². The number of nitrogens with zero attached hydrogens (tertiary/aromatic N) is 1. The summed E-state index contributed by atoms with van der Waals surface area (Å²) in [5.41, 5.74) is 4.13. The zero-order valence-electron chi connectivity index (χ0n) is 13.4. The number of likely N-dealkylation sites (N-methyl/N-ethyl adjacent to an activating group) is 1. The molecule has 3 nitrogen and oxygen atoms in total. The predicted octanol–water partition coefficient (Wildman–Crippen LogP) is 4.97. The smallest absolute Gasteiger partial charge is 0.227 e. The molecule has 0 aliphatic rings. The Morgan fingerprint density at radius 1 is 1.26 bits per heavy atom. The molecule has 1 aromatic carbocycles. The Labute approximate surface area is 144 Å². The third kappa shape index (κ3) is 3.28. The van der Waals surface area contributed by atoms with E-state index in [2.05, 4.69) is 13.0 Å². The molecule has 0 bridgehead atoms. The fourth-order valence-corrected chi connectivity index (χ4v) is 3.72. The van der Waals surface area contributed by atoms with Gasteiger partial charge in [-0.25, -0.2) is 0 Å². The van der Waals surface area contributed by atoms with Gasteiger partial charge in [0, 0.05) is 22.9 Å². The van der Waals surface area contributed by atoms with Crippen LogP contribution in [0.5, 0.6) is 0 Å². The van der Waals surface area contributed by atoms with Crippen LogP contribution in [0.1, 0.15) is 21.6 Å². The number of furan rings is 1. The van der Waals surface area contributed by atoms with E-state index < -0.39 is 0 Å². The van der Waals surface area contributed by atoms with Crippen molar-refractivity contribution in [3.05, 3.63) is 56.4 Å². The van der Waals surface area contributed by atoms with Crippen LogP contribution >= 0.6 is 22.9 Å². The highest BCUT2D eigenvalue weighted by Gasteiger charge is 2.16. The first-order valence-electron chi connectivity index (χ1n) is 7.40. The molecule has 1 amide bonds. The van der Waals surface area contributed by atoms with Crippen molar-refractivity contribution in [2.24, 2.45) is 0 Å². The molecular weight excluding hydrogens is 330 g/mol. The number of thiophene rings is 1. The lowest BCUT2D eigenvalue weighted by molar-refractivity contribution is -0.129. The minimum absolute atomic E-state index is 0.0652. The van der Waals surface area contributed by atoms with Crippen molar-refractivity contribution in [3.8, 4) is 0 Å². The molecule has 0 aliphatic heterocycles. The summed E-state index contributed by atoms with van der Waals surface area (Å²) in [6, 6.07) is 7.91. The molecule has 0 radical (unpaired) electrons. The van der Waals surface area contributed by atoms with Gasteiger partial charge < -0.3 is 9.32 Å². The van der Waals surface area contributed by atoms with Gasteiger partial charge in [0.2, 0.25) is 5.91 Å². The summed E-state index contributed by atoms with van der Waals surface area (Å²) in [6.07, 6.45) is 2.04. The largest absolute Gasteiger partial charge is 0.464 e. The molecular formula is C18H18ClNO2S. The maximum Gasteiger partial charge on any atom is 0.227 e. The Hall–Kier alpha value is -1.78. The number of benzene rings is 1. The van der Waals surface area contributed by atoms with E-state index in [1.165, 1.54) is 16.9 Å². The van der Waals surface area contributed by atoms with Crippen molar-refractivity contribution in [1.82, 2.24) is 4.90 Å². The van der Waals surface area contributed by atoms with Crippen LogP contribution in [0.3, 0.4) is 0 Å². The first-order valence-corrected chi connectivity index (χ1v) is 8.59. The molecule has 0 saturated heterocycles. The summed E-state index contributed by atoms with van der Waals surface area (Å²) in [5, 5.41) is 1.02. The third-order valence-electron chi connectivity index (χ3n) is 4.13. The highest BCUT2D eigenvalue weighted by molar-refractivity contribution is 7.16. The number of amides is 1. The SMILES string of the molecule is Cc1ccc2c(CC(=O)N(C)Cc3ccc(Cl)s3)coc2c1C. The van der Waals surface area contributed by atoms with Crippen LogP contribution in [0.4, 0.5) is 0 Å². The summed E-state index contributed by atoms with van der Waals surface area (Å²) < 4.78 is 6.42. The fourth-order valence-electron chi connectivity index (χ4n) is 2.58. The lowest BCUT2D eigenvalue weighted by atomic mass is 10.0. The van der Waals surface area contributed by atoms with Crippen LogP contribution in [-0.2, 0) is 17.8 Å². The zero-order valence-corrected chi connectivity index (χ0v) is 14.9. The second-order valence-corrected chi connectivity index (χ2v) is 7.58. The second kappa shape index (κ2) is 6.38. The molecule has 23 heavy (non-hydrogen) atoms. The molecule has 2 heterocycles. The van der Waals surface area contributed by atoms with E-state index >= 15 is 0 Å². The predicted molar refractivity (Wildman–Crippen MR) is 95.2 cm³/mol. The molecule has 3 aromatic rings. The highest BCUT2D eigenvalue weighted by Crippen LogP contribution is 2.27. The Morgan fingerprint density at radius 3 is 2.74 bits per heavy atom. The molecule has 2 aromatic heterocycles. The van der Waals surface area contributed by atoms with Gasteiger partial charge in [-0.15, -0.1) is 11.3 Å². The van der Waals surface area contributed by atoms with Gasteiger partial charge in [-0.3, -0.25) is 4.79 Å². The number of carbonyl (C=O) groups excluding carboxylic acids is 1. The van der Waals surface area contributed by atoms with E-state index in [1.807, 2.05) is 32.2 Å². The molecule has 5 heteroatoms. The summed E-state index contributed by atoms with van der Waals surface area (Å²) in [7, 11) is 1.81. The number of hydrogen-bond donors (Lipinski definition) is 0. The summed E-state index contributed by atoms with van der Waals surface area (Å²) in [4.78, 5) is 15.3. The van der Waals surface area contributed by atoms with Crippen LogP contribution in [0, 0.1) is 13.8 Å². The van der Waals surface area contributed by atoms with Gasteiger partial charge in [0.15, 0.2) is 0 Å². The van der Waals surface area contributed by atoms with Crippen LogP contribution < -0.4 is 0 Å². The van der Waals surface area contributed by atoms with Gasteiger partial charge in [0.1, 0.15) is 5.58 Å². The summed E-state index contributed by atoms with van der Waals surface area (Å²) in [6.45, 7) is 4.67. The monoisotopic (exact) mass is 347 g/mol. The molecule has 0 aliphatic carbocycles. The Morgan fingerprint density at radius 2 is 2.04 bits per heavy atom. The molecule has 0 saturated carbocycles. The van der Waals surface area contributed by atoms with Crippen molar-refractivity contribution in [1.29, 1.82) is 0 Å². The number of hydrogen-bond acceptors (Lipinski definition) is 3. The Balaban J connectivity index is 1.76.